The number of rotatable bonds is 8. The second-order valence-electron chi connectivity index (χ2n) is 5.28. The predicted molar refractivity (Wildman–Crippen MR) is 78.5 cm³/mol. The molecule has 1 fully saturated rings. The number of ether oxygens (including phenoxy) is 1. The average Bonchev–Trinajstić information content (AvgIpc) is 3.01. The van der Waals surface area contributed by atoms with E-state index < -0.39 is 0 Å². The Morgan fingerprint density at radius 2 is 2.32 bits per heavy atom. The molecule has 19 heavy (non-hydrogen) atoms. The van der Waals surface area contributed by atoms with E-state index in [-0.39, 0.29) is 5.91 Å². The lowest BCUT2D eigenvalue weighted by Gasteiger charge is -2.15. The molecule has 1 saturated carbocycles. The van der Waals surface area contributed by atoms with Gasteiger partial charge in [-0.3, -0.25) is 4.79 Å². The molecule has 0 bridgehead atoms. The third kappa shape index (κ3) is 4.30. The van der Waals surface area contributed by atoms with Crippen LogP contribution >= 0.6 is 11.3 Å². The highest BCUT2D eigenvalue weighted by Gasteiger charge is 2.41. The topological polar surface area (TPSA) is 50.4 Å². The van der Waals surface area contributed by atoms with Crippen molar-refractivity contribution >= 4 is 22.9 Å². The summed E-state index contributed by atoms with van der Waals surface area (Å²) < 4.78 is 5.16. The number of thiophene rings is 1. The van der Waals surface area contributed by atoms with Crippen molar-refractivity contribution in [3.05, 3.63) is 16.3 Å². The van der Waals surface area contributed by atoms with Crippen LogP contribution in [-0.2, 0) is 16.1 Å². The second kappa shape index (κ2) is 6.50. The van der Waals surface area contributed by atoms with E-state index in [1.54, 1.807) is 25.4 Å². The van der Waals surface area contributed by atoms with E-state index in [4.69, 9.17) is 4.74 Å². The molecule has 0 aliphatic heterocycles. The zero-order valence-corrected chi connectivity index (χ0v) is 12.4. The first-order valence-corrected chi connectivity index (χ1v) is 7.57. The van der Waals surface area contributed by atoms with Gasteiger partial charge in [-0.15, -0.1) is 11.3 Å². The monoisotopic (exact) mass is 282 g/mol. The minimum Gasteiger partial charge on any atom is -0.385 e. The van der Waals surface area contributed by atoms with E-state index in [2.05, 4.69) is 10.6 Å². The number of carbonyl (C=O) groups is 1. The number of nitrogens with one attached hydrogen (secondary N) is 2. The van der Waals surface area contributed by atoms with Crippen LogP contribution in [0.1, 0.15) is 31.1 Å². The van der Waals surface area contributed by atoms with E-state index >= 15 is 0 Å². The molecule has 4 nitrogen and oxygen atoms in total. The fourth-order valence-corrected chi connectivity index (χ4v) is 3.03. The molecule has 1 heterocycles. The van der Waals surface area contributed by atoms with Gasteiger partial charge in [0.15, 0.2) is 0 Å². The highest BCUT2D eigenvalue weighted by molar-refractivity contribution is 7.10. The smallest absolute Gasteiger partial charge is 0.221 e. The van der Waals surface area contributed by atoms with Crippen molar-refractivity contribution in [1.29, 1.82) is 0 Å². The zero-order valence-electron chi connectivity index (χ0n) is 11.6. The van der Waals surface area contributed by atoms with Crippen LogP contribution in [0.3, 0.4) is 0 Å². The fourth-order valence-electron chi connectivity index (χ4n) is 2.23. The number of anilines is 1. The van der Waals surface area contributed by atoms with Gasteiger partial charge in [0.05, 0.1) is 5.69 Å². The van der Waals surface area contributed by atoms with Crippen molar-refractivity contribution < 1.29 is 9.53 Å². The zero-order chi connectivity index (χ0) is 13.7. The van der Waals surface area contributed by atoms with Crippen LogP contribution < -0.4 is 10.6 Å². The van der Waals surface area contributed by atoms with Crippen LogP contribution in [-0.4, -0.2) is 26.2 Å². The number of carbonyl (C=O) groups excluding carboxylic acids is 1. The molecule has 2 rings (SSSR count). The van der Waals surface area contributed by atoms with Crippen molar-refractivity contribution in [2.75, 3.05) is 25.6 Å². The Morgan fingerprint density at radius 1 is 1.53 bits per heavy atom. The Kier molecular flexibility index (Phi) is 4.96. The predicted octanol–water partition coefficient (Wildman–Crippen LogP) is 2.61. The summed E-state index contributed by atoms with van der Waals surface area (Å²) in [7, 11) is 1.76. The average molecular weight is 282 g/mol. The van der Waals surface area contributed by atoms with Crippen molar-refractivity contribution in [2.45, 2.75) is 32.7 Å². The maximum atomic E-state index is 11.1. The normalized spacial score (nSPS) is 16.3. The molecule has 106 valence electrons. The van der Waals surface area contributed by atoms with Crippen molar-refractivity contribution in [3.63, 3.8) is 0 Å². The van der Waals surface area contributed by atoms with Crippen LogP contribution in [0.15, 0.2) is 11.4 Å². The molecule has 2 N–H and O–H groups in total. The van der Waals surface area contributed by atoms with Crippen LogP contribution in [0.4, 0.5) is 5.69 Å². The molecule has 1 aromatic rings. The quantitative estimate of drug-likeness (QED) is 0.770. The molecule has 1 aromatic heterocycles. The van der Waals surface area contributed by atoms with Crippen LogP contribution in [0.25, 0.3) is 0 Å². The number of hydrogen-bond acceptors (Lipinski definition) is 4. The molecule has 0 unspecified atom stereocenters. The van der Waals surface area contributed by atoms with Gasteiger partial charge in [-0.25, -0.2) is 0 Å². The first-order chi connectivity index (χ1) is 9.15. The van der Waals surface area contributed by atoms with E-state index in [1.165, 1.54) is 17.7 Å². The van der Waals surface area contributed by atoms with Crippen LogP contribution in [0, 0.1) is 5.41 Å². The molecule has 0 atom stereocenters. The molecule has 0 radical (unpaired) electrons. The lowest BCUT2D eigenvalue weighted by atomic mass is 10.0. The van der Waals surface area contributed by atoms with E-state index in [9.17, 15) is 4.79 Å². The Labute approximate surface area is 118 Å². The van der Waals surface area contributed by atoms with Gasteiger partial charge in [-0.05, 0) is 36.1 Å². The highest BCUT2D eigenvalue weighted by Crippen LogP contribution is 2.48. The molecule has 0 saturated heterocycles. The van der Waals surface area contributed by atoms with Crippen LogP contribution in [0.5, 0.6) is 0 Å². The van der Waals surface area contributed by atoms with Gasteiger partial charge in [0.1, 0.15) is 0 Å². The molecular formula is C14H22N2O2S. The van der Waals surface area contributed by atoms with Gasteiger partial charge < -0.3 is 15.4 Å². The van der Waals surface area contributed by atoms with Crippen LogP contribution in [0.2, 0.25) is 0 Å². The lowest BCUT2D eigenvalue weighted by molar-refractivity contribution is -0.114. The summed E-state index contributed by atoms with van der Waals surface area (Å²) in [5.74, 6) is -0.0154. The summed E-state index contributed by atoms with van der Waals surface area (Å²) >= 11 is 1.68. The van der Waals surface area contributed by atoms with Gasteiger partial charge in [0.25, 0.3) is 0 Å². The maximum absolute atomic E-state index is 11.1. The third-order valence-corrected chi connectivity index (χ3v) is 4.56. The maximum Gasteiger partial charge on any atom is 0.221 e. The highest BCUT2D eigenvalue weighted by atomic mass is 32.1. The summed E-state index contributed by atoms with van der Waals surface area (Å²) in [6, 6.07) is 1.96. The first kappa shape index (κ1) is 14.5. The molecule has 5 heteroatoms. The van der Waals surface area contributed by atoms with Gasteiger partial charge in [0, 0.05) is 38.6 Å². The second-order valence-corrected chi connectivity index (χ2v) is 6.29. The largest absolute Gasteiger partial charge is 0.385 e. The van der Waals surface area contributed by atoms with E-state index in [0.717, 1.165) is 31.8 Å². The summed E-state index contributed by atoms with van der Waals surface area (Å²) in [5, 5.41) is 8.39. The SMILES string of the molecule is COCCC1(CNCc2sccc2NC(C)=O)CC1. The summed E-state index contributed by atoms with van der Waals surface area (Å²) in [6.07, 6.45) is 3.73. The molecule has 0 spiro atoms. The minimum atomic E-state index is -0.0154. The van der Waals surface area contributed by atoms with Crippen molar-refractivity contribution in [2.24, 2.45) is 5.41 Å². The standard InChI is InChI=1S/C14H22N2O2S/c1-11(17)16-12-3-8-19-13(12)9-15-10-14(4-5-14)6-7-18-2/h3,8,15H,4-7,9-10H2,1-2H3,(H,16,17). The van der Waals surface area contributed by atoms with Gasteiger partial charge >= 0.3 is 0 Å². The molecule has 1 aliphatic rings. The lowest BCUT2D eigenvalue weighted by Crippen LogP contribution is -2.24. The minimum absolute atomic E-state index is 0.0154. The Morgan fingerprint density at radius 3 is 2.95 bits per heavy atom. The number of amides is 1. The number of hydrogen-bond donors (Lipinski definition) is 2. The first-order valence-electron chi connectivity index (χ1n) is 6.69. The number of methoxy groups -OCH3 is 1. The van der Waals surface area contributed by atoms with E-state index in [1.807, 2.05) is 11.4 Å². The Balaban J connectivity index is 1.77. The fraction of sp³-hybridized carbons (Fsp3) is 0.643. The Hall–Kier alpha value is -0.910. The molecule has 1 aliphatic carbocycles. The van der Waals surface area contributed by atoms with Gasteiger partial charge in [-0.1, -0.05) is 0 Å². The van der Waals surface area contributed by atoms with Gasteiger partial charge in [-0.2, -0.15) is 0 Å². The Bertz CT molecular complexity index is 427. The van der Waals surface area contributed by atoms with Crippen molar-refractivity contribution in [1.82, 2.24) is 5.32 Å². The summed E-state index contributed by atoms with van der Waals surface area (Å²) in [5.41, 5.74) is 1.40. The van der Waals surface area contributed by atoms with Crippen molar-refractivity contribution in [3.8, 4) is 0 Å². The third-order valence-electron chi connectivity index (χ3n) is 3.64. The summed E-state index contributed by atoms with van der Waals surface area (Å²) in [4.78, 5) is 12.3. The van der Waals surface area contributed by atoms with Gasteiger partial charge in [0.2, 0.25) is 5.91 Å². The molecular weight excluding hydrogens is 260 g/mol. The molecule has 0 aromatic carbocycles. The summed E-state index contributed by atoms with van der Waals surface area (Å²) in [6.45, 7) is 4.24. The van der Waals surface area contributed by atoms with E-state index in [0.29, 0.717) is 5.41 Å². The molecule has 1 amide bonds.